The third-order valence-electron chi connectivity index (χ3n) is 3.34. The smallest absolute Gasteiger partial charge is 0.323 e. The lowest BCUT2D eigenvalue weighted by Crippen LogP contribution is -2.19. The first-order valence-electron chi connectivity index (χ1n) is 6.79. The van der Waals surface area contributed by atoms with Crippen molar-refractivity contribution in [2.45, 2.75) is 6.42 Å². The van der Waals surface area contributed by atoms with Gasteiger partial charge in [-0.25, -0.2) is 4.79 Å². The first-order chi connectivity index (χ1) is 10.6. The van der Waals surface area contributed by atoms with E-state index in [2.05, 4.69) is 16.0 Å². The van der Waals surface area contributed by atoms with E-state index in [1.807, 2.05) is 0 Å². The number of benzene rings is 2. The number of fused-ring (bicyclic) bond motifs is 1. The number of amides is 3. The number of hydrogen-bond donors (Lipinski definition) is 3. The quantitative estimate of drug-likeness (QED) is 0.815. The zero-order chi connectivity index (χ0) is 15.5. The summed E-state index contributed by atoms with van der Waals surface area (Å²) in [6.45, 7) is 0. The number of carbonyl (C=O) groups excluding carboxylic acids is 2. The van der Waals surface area contributed by atoms with Gasteiger partial charge in [0.05, 0.1) is 13.5 Å². The second-order valence-corrected chi connectivity index (χ2v) is 4.90. The zero-order valence-electron chi connectivity index (χ0n) is 12.0. The maximum Gasteiger partial charge on any atom is 0.323 e. The van der Waals surface area contributed by atoms with Gasteiger partial charge in [-0.15, -0.1) is 0 Å². The Bertz CT molecular complexity index is 726. The number of ether oxygens (including phenoxy) is 1. The lowest BCUT2D eigenvalue weighted by molar-refractivity contribution is -0.115. The SMILES string of the molecule is COc1ccc(NC(=O)Nc2ccc3c(c2)CC(=O)N3)cc1. The number of carbonyl (C=O) groups is 2. The minimum Gasteiger partial charge on any atom is -0.497 e. The van der Waals surface area contributed by atoms with Gasteiger partial charge in [0.25, 0.3) is 0 Å². The van der Waals surface area contributed by atoms with Crippen LogP contribution in [-0.4, -0.2) is 19.0 Å². The first kappa shape index (κ1) is 13.9. The van der Waals surface area contributed by atoms with Gasteiger partial charge < -0.3 is 20.7 Å². The van der Waals surface area contributed by atoms with Crippen LogP contribution in [0.5, 0.6) is 5.75 Å². The Morgan fingerprint density at radius 3 is 2.50 bits per heavy atom. The molecule has 0 bridgehead atoms. The van der Waals surface area contributed by atoms with E-state index in [-0.39, 0.29) is 11.9 Å². The summed E-state index contributed by atoms with van der Waals surface area (Å²) in [6.07, 6.45) is 0.338. The highest BCUT2D eigenvalue weighted by atomic mass is 16.5. The van der Waals surface area contributed by atoms with Crippen molar-refractivity contribution in [2.75, 3.05) is 23.1 Å². The molecule has 2 aromatic carbocycles. The van der Waals surface area contributed by atoms with Gasteiger partial charge in [0.2, 0.25) is 5.91 Å². The van der Waals surface area contributed by atoms with E-state index in [1.54, 1.807) is 49.6 Å². The van der Waals surface area contributed by atoms with E-state index in [4.69, 9.17) is 4.74 Å². The summed E-state index contributed by atoms with van der Waals surface area (Å²) in [6, 6.07) is 12.0. The first-order valence-corrected chi connectivity index (χ1v) is 6.79. The molecule has 0 aromatic heterocycles. The number of rotatable bonds is 3. The number of anilines is 3. The second kappa shape index (κ2) is 5.77. The Labute approximate surface area is 127 Å². The number of methoxy groups -OCH3 is 1. The lowest BCUT2D eigenvalue weighted by atomic mass is 10.1. The molecule has 1 aliphatic heterocycles. The molecule has 3 amide bonds. The minimum atomic E-state index is -0.345. The summed E-state index contributed by atoms with van der Waals surface area (Å²) in [5.41, 5.74) is 2.98. The molecule has 0 saturated carbocycles. The van der Waals surface area contributed by atoms with Gasteiger partial charge in [0, 0.05) is 17.1 Å². The molecule has 0 saturated heterocycles. The topological polar surface area (TPSA) is 79.5 Å². The van der Waals surface area contributed by atoms with Crippen molar-refractivity contribution in [1.29, 1.82) is 0 Å². The monoisotopic (exact) mass is 297 g/mol. The van der Waals surface area contributed by atoms with E-state index in [9.17, 15) is 9.59 Å². The Kier molecular flexibility index (Phi) is 3.65. The van der Waals surface area contributed by atoms with Crippen LogP contribution in [0.1, 0.15) is 5.56 Å². The van der Waals surface area contributed by atoms with Crippen molar-refractivity contribution in [3.05, 3.63) is 48.0 Å². The number of hydrogen-bond acceptors (Lipinski definition) is 3. The Balaban J connectivity index is 1.64. The van der Waals surface area contributed by atoms with E-state index in [1.165, 1.54) is 0 Å². The van der Waals surface area contributed by atoms with Crippen molar-refractivity contribution in [2.24, 2.45) is 0 Å². The van der Waals surface area contributed by atoms with Gasteiger partial charge in [-0.1, -0.05) is 0 Å². The summed E-state index contributed by atoms with van der Waals surface area (Å²) in [7, 11) is 1.59. The van der Waals surface area contributed by atoms with Crippen LogP contribution in [0, 0.1) is 0 Å². The van der Waals surface area contributed by atoms with Crippen molar-refractivity contribution in [3.63, 3.8) is 0 Å². The average Bonchev–Trinajstić information content (AvgIpc) is 2.87. The van der Waals surface area contributed by atoms with Gasteiger partial charge in [-0.3, -0.25) is 4.79 Å². The summed E-state index contributed by atoms with van der Waals surface area (Å²) in [4.78, 5) is 23.3. The third-order valence-corrected chi connectivity index (χ3v) is 3.34. The van der Waals surface area contributed by atoms with Crippen molar-refractivity contribution < 1.29 is 14.3 Å². The molecule has 3 rings (SSSR count). The van der Waals surface area contributed by atoms with E-state index >= 15 is 0 Å². The maximum absolute atomic E-state index is 12.0. The van der Waals surface area contributed by atoms with Gasteiger partial charge >= 0.3 is 6.03 Å². The molecular formula is C16H15N3O3. The molecule has 112 valence electrons. The molecule has 3 N–H and O–H groups in total. The molecule has 0 fully saturated rings. The minimum absolute atomic E-state index is 0.0326. The highest BCUT2D eigenvalue weighted by Gasteiger charge is 2.17. The lowest BCUT2D eigenvalue weighted by Gasteiger charge is -2.09. The fourth-order valence-electron chi connectivity index (χ4n) is 2.27. The second-order valence-electron chi connectivity index (χ2n) is 4.90. The Morgan fingerprint density at radius 1 is 1.09 bits per heavy atom. The molecule has 6 heteroatoms. The van der Waals surface area contributed by atoms with Crippen LogP contribution in [0.25, 0.3) is 0 Å². The van der Waals surface area contributed by atoms with Crippen LogP contribution in [0.4, 0.5) is 21.9 Å². The predicted octanol–water partition coefficient (Wildman–Crippen LogP) is 2.83. The molecule has 6 nitrogen and oxygen atoms in total. The molecule has 1 heterocycles. The molecule has 0 spiro atoms. The summed E-state index contributed by atoms with van der Waals surface area (Å²) in [5.74, 6) is 0.691. The van der Waals surface area contributed by atoms with Gasteiger partial charge in [0.15, 0.2) is 0 Å². The largest absolute Gasteiger partial charge is 0.497 e. The van der Waals surface area contributed by atoms with Crippen molar-refractivity contribution in [3.8, 4) is 5.75 Å². The van der Waals surface area contributed by atoms with E-state index in [0.717, 1.165) is 17.0 Å². The fraction of sp³-hybridized carbons (Fsp3) is 0.125. The maximum atomic E-state index is 12.0. The van der Waals surface area contributed by atoms with Crippen molar-refractivity contribution >= 4 is 29.0 Å². The zero-order valence-corrected chi connectivity index (χ0v) is 12.0. The summed E-state index contributed by atoms with van der Waals surface area (Å²) >= 11 is 0. The van der Waals surface area contributed by atoms with Crippen LogP contribution >= 0.6 is 0 Å². The molecule has 0 atom stereocenters. The molecule has 0 unspecified atom stereocenters. The molecular weight excluding hydrogens is 282 g/mol. The molecule has 0 aliphatic carbocycles. The van der Waals surface area contributed by atoms with Gasteiger partial charge in [-0.05, 0) is 48.0 Å². The molecule has 2 aromatic rings. The van der Waals surface area contributed by atoms with Crippen LogP contribution in [0.3, 0.4) is 0 Å². The Morgan fingerprint density at radius 2 is 1.77 bits per heavy atom. The highest BCUT2D eigenvalue weighted by molar-refractivity contribution is 6.02. The van der Waals surface area contributed by atoms with Gasteiger partial charge in [-0.2, -0.15) is 0 Å². The van der Waals surface area contributed by atoms with Crippen LogP contribution in [-0.2, 0) is 11.2 Å². The standard InChI is InChI=1S/C16H15N3O3/c1-22-13-5-2-11(3-6-13)17-16(21)18-12-4-7-14-10(8-12)9-15(20)19-14/h2-8H,9H2,1H3,(H,19,20)(H2,17,18,21). The van der Waals surface area contributed by atoms with Crippen LogP contribution in [0.15, 0.2) is 42.5 Å². The fourth-order valence-corrected chi connectivity index (χ4v) is 2.27. The predicted molar refractivity (Wildman–Crippen MR) is 84.4 cm³/mol. The third kappa shape index (κ3) is 3.01. The van der Waals surface area contributed by atoms with Crippen molar-refractivity contribution in [1.82, 2.24) is 0 Å². The van der Waals surface area contributed by atoms with Crippen LogP contribution < -0.4 is 20.7 Å². The summed E-state index contributed by atoms with van der Waals surface area (Å²) in [5, 5.41) is 8.22. The Hall–Kier alpha value is -3.02. The average molecular weight is 297 g/mol. The number of urea groups is 1. The number of nitrogens with one attached hydrogen (secondary N) is 3. The van der Waals surface area contributed by atoms with E-state index in [0.29, 0.717) is 17.8 Å². The normalized spacial score (nSPS) is 12.3. The summed E-state index contributed by atoms with van der Waals surface area (Å²) < 4.78 is 5.06. The van der Waals surface area contributed by atoms with Crippen LogP contribution in [0.2, 0.25) is 0 Å². The van der Waals surface area contributed by atoms with E-state index < -0.39 is 0 Å². The van der Waals surface area contributed by atoms with Gasteiger partial charge in [0.1, 0.15) is 5.75 Å². The highest BCUT2D eigenvalue weighted by Crippen LogP contribution is 2.26. The molecule has 22 heavy (non-hydrogen) atoms. The molecule has 1 aliphatic rings. The molecule has 0 radical (unpaired) electrons.